The molecule has 1 fully saturated rings. The van der Waals surface area contributed by atoms with Crippen LogP contribution in [0.4, 0.5) is 0 Å². The maximum atomic E-state index is 11.6. The second-order valence-electron chi connectivity index (χ2n) is 5.91. The van der Waals surface area contributed by atoms with Gasteiger partial charge >= 0.3 is 0 Å². The maximum Gasteiger partial charge on any atom is 0.234 e. The Bertz CT molecular complexity index is 895. The third-order valence-electron chi connectivity index (χ3n) is 4.16. The molecule has 1 N–H and O–H groups in total. The summed E-state index contributed by atoms with van der Waals surface area (Å²) in [6, 6.07) is 10.0. The van der Waals surface area contributed by atoms with Crippen molar-refractivity contribution in [2.75, 3.05) is 19.6 Å². The van der Waals surface area contributed by atoms with Crippen LogP contribution in [0.1, 0.15) is 5.56 Å². The van der Waals surface area contributed by atoms with Crippen LogP contribution in [0, 0.1) is 0 Å². The van der Waals surface area contributed by atoms with Crippen molar-refractivity contribution in [3.63, 3.8) is 0 Å². The molecular weight excluding hydrogens is 342 g/mol. The van der Waals surface area contributed by atoms with E-state index in [1.54, 1.807) is 11.3 Å². The van der Waals surface area contributed by atoms with Gasteiger partial charge in [-0.25, -0.2) is 4.98 Å². The van der Waals surface area contributed by atoms with Crippen LogP contribution in [0.5, 0.6) is 0 Å². The van der Waals surface area contributed by atoms with Crippen LogP contribution in [-0.4, -0.2) is 35.4 Å². The Labute approximate surface area is 149 Å². The largest absolute Gasteiger partial charge is 0.354 e. The van der Waals surface area contributed by atoms with Gasteiger partial charge in [0.15, 0.2) is 0 Å². The van der Waals surface area contributed by atoms with Gasteiger partial charge in [-0.1, -0.05) is 17.7 Å². The summed E-state index contributed by atoms with van der Waals surface area (Å²) in [7, 11) is 0. The first-order chi connectivity index (χ1) is 11.7. The minimum Gasteiger partial charge on any atom is -0.354 e. The van der Waals surface area contributed by atoms with E-state index in [9.17, 15) is 4.79 Å². The Kier molecular flexibility index (Phi) is 4.22. The Morgan fingerprint density at radius 2 is 2.21 bits per heavy atom. The Balaban J connectivity index is 1.78. The lowest BCUT2D eigenvalue weighted by Gasteiger charge is -2.27. The molecule has 1 aliphatic heterocycles. The summed E-state index contributed by atoms with van der Waals surface area (Å²) >= 11 is 7.77. The number of carbonyl (C=O) groups is 1. The van der Waals surface area contributed by atoms with Gasteiger partial charge in [0, 0.05) is 41.0 Å². The van der Waals surface area contributed by atoms with Crippen LogP contribution in [0.3, 0.4) is 0 Å². The van der Waals surface area contributed by atoms with E-state index >= 15 is 0 Å². The summed E-state index contributed by atoms with van der Waals surface area (Å²) in [6.07, 6.45) is 0. The van der Waals surface area contributed by atoms with Crippen LogP contribution in [0.15, 0.2) is 41.1 Å². The molecule has 0 spiro atoms. The third-order valence-corrected chi connectivity index (χ3v) is 5.08. The predicted molar refractivity (Wildman–Crippen MR) is 98.4 cm³/mol. The lowest BCUT2D eigenvalue weighted by molar-refractivity contribution is -0.124. The zero-order valence-electron chi connectivity index (χ0n) is 13.0. The minimum absolute atomic E-state index is 0.0823. The number of nitrogens with one attached hydrogen (secondary N) is 1. The summed E-state index contributed by atoms with van der Waals surface area (Å²) in [6.45, 7) is 2.70. The molecule has 0 atom stereocenters. The molecule has 24 heavy (non-hydrogen) atoms. The summed E-state index contributed by atoms with van der Waals surface area (Å²) in [4.78, 5) is 18.7. The molecule has 122 valence electrons. The number of fused-ring (bicyclic) bond motifs is 1. The molecule has 3 heterocycles. The summed E-state index contributed by atoms with van der Waals surface area (Å²) < 4.78 is 0. The van der Waals surface area contributed by atoms with E-state index in [0.717, 1.165) is 34.3 Å². The Hall–Kier alpha value is -1.95. The van der Waals surface area contributed by atoms with Crippen LogP contribution in [0.2, 0.25) is 5.02 Å². The van der Waals surface area contributed by atoms with Gasteiger partial charge in [0.2, 0.25) is 5.91 Å². The number of halogens is 1. The first-order valence-corrected chi connectivity index (χ1v) is 9.12. The topological polar surface area (TPSA) is 45.2 Å². The number of amides is 1. The quantitative estimate of drug-likeness (QED) is 0.779. The Morgan fingerprint density at radius 3 is 3.00 bits per heavy atom. The van der Waals surface area contributed by atoms with Gasteiger partial charge in [0.05, 0.1) is 17.8 Å². The molecular formula is C18H16ClN3OS. The first kappa shape index (κ1) is 15.6. The highest BCUT2D eigenvalue weighted by atomic mass is 35.5. The standard InChI is InChI=1S/C18H16ClN3OS/c19-15-2-1-12-7-14(9-22-5-4-20-17(23)10-22)18(21-16(12)8-15)13-3-6-24-11-13/h1-3,6-8,11H,4-5,9-10H2,(H,20,23). The molecule has 1 aliphatic rings. The molecule has 6 heteroatoms. The number of aromatic nitrogens is 1. The minimum atomic E-state index is 0.0823. The lowest BCUT2D eigenvalue weighted by Crippen LogP contribution is -2.47. The van der Waals surface area contributed by atoms with Gasteiger partial charge in [-0.3, -0.25) is 9.69 Å². The van der Waals surface area contributed by atoms with E-state index in [2.05, 4.69) is 33.1 Å². The number of thiophene rings is 1. The first-order valence-electron chi connectivity index (χ1n) is 7.80. The van der Waals surface area contributed by atoms with Gasteiger partial charge < -0.3 is 5.32 Å². The van der Waals surface area contributed by atoms with E-state index in [4.69, 9.17) is 16.6 Å². The second-order valence-corrected chi connectivity index (χ2v) is 7.12. The van der Waals surface area contributed by atoms with Gasteiger partial charge in [-0.2, -0.15) is 11.3 Å². The molecule has 3 aromatic rings. The lowest BCUT2D eigenvalue weighted by atomic mass is 10.0. The van der Waals surface area contributed by atoms with Crippen molar-refractivity contribution in [3.05, 3.63) is 51.7 Å². The van der Waals surface area contributed by atoms with Crippen molar-refractivity contribution in [1.82, 2.24) is 15.2 Å². The second kappa shape index (κ2) is 6.51. The van der Waals surface area contributed by atoms with E-state index < -0.39 is 0 Å². The normalized spacial score (nSPS) is 15.6. The van der Waals surface area contributed by atoms with E-state index in [-0.39, 0.29) is 5.91 Å². The highest BCUT2D eigenvalue weighted by Crippen LogP contribution is 2.29. The number of carbonyl (C=O) groups excluding carboxylic acids is 1. The molecule has 1 amide bonds. The molecule has 0 saturated carbocycles. The molecule has 2 aromatic heterocycles. The number of pyridine rings is 1. The number of nitrogens with zero attached hydrogens (tertiary/aromatic N) is 2. The van der Waals surface area contributed by atoms with Crippen LogP contribution in [0.25, 0.3) is 22.2 Å². The summed E-state index contributed by atoms with van der Waals surface area (Å²) in [5, 5.41) is 8.77. The summed E-state index contributed by atoms with van der Waals surface area (Å²) in [5.41, 5.74) is 4.11. The highest BCUT2D eigenvalue weighted by molar-refractivity contribution is 7.08. The molecule has 4 rings (SSSR count). The van der Waals surface area contributed by atoms with Crippen molar-refractivity contribution < 1.29 is 4.79 Å². The number of hydrogen-bond donors (Lipinski definition) is 1. The third kappa shape index (κ3) is 3.15. The number of piperazine rings is 1. The number of hydrogen-bond acceptors (Lipinski definition) is 4. The fraction of sp³-hybridized carbons (Fsp3) is 0.222. The number of rotatable bonds is 3. The van der Waals surface area contributed by atoms with Gasteiger partial charge in [0.1, 0.15) is 0 Å². The maximum absolute atomic E-state index is 11.6. The number of benzene rings is 1. The zero-order valence-corrected chi connectivity index (χ0v) is 14.5. The van der Waals surface area contributed by atoms with Crippen molar-refractivity contribution in [2.24, 2.45) is 0 Å². The summed E-state index contributed by atoms with van der Waals surface area (Å²) in [5.74, 6) is 0.0823. The Morgan fingerprint density at radius 1 is 1.29 bits per heavy atom. The average Bonchev–Trinajstić information content (AvgIpc) is 3.09. The van der Waals surface area contributed by atoms with E-state index in [1.165, 1.54) is 0 Å². The van der Waals surface area contributed by atoms with Gasteiger partial charge in [-0.15, -0.1) is 0 Å². The van der Waals surface area contributed by atoms with Crippen molar-refractivity contribution in [2.45, 2.75) is 6.54 Å². The highest BCUT2D eigenvalue weighted by Gasteiger charge is 2.19. The fourth-order valence-electron chi connectivity index (χ4n) is 3.02. The van der Waals surface area contributed by atoms with Gasteiger partial charge in [0.25, 0.3) is 0 Å². The average molecular weight is 358 g/mol. The monoisotopic (exact) mass is 357 g/mol. The molecule has 0 radical (unpaired) electrons. The molecule has 4 nitrogen and oxygen atoms in total. The van der Waals surface area contributed by atoms with Crippen molar-refractivity contribution >= 4 is 39.7 Å². The molecule has 1 aromatic carbocycles. The molecule has 0 unspecified atom stereocenters. The predicted octanol–water partition coefficient (Wildman–Crippen LogP) is 3.55. The molecule has 0 bridgehead atoms. The van der Waals surface area contributed by atoms with E-state index in [0.29, 0.717) is 24.7 Å². The molecule has 1 saturated heterocycles. The van der Waals surface area contributed by atoms with Crippen LogP contribution < -0.4 is 5.32 Å². The van der Waals surface area contributed by atoms with Crippen molar-refractivity contribution in [3.8, 4) is 11.3 Å². The van der Waals surface area contributed by atoms with Crippen LogP contribution >= 0.6 is 22.9 Å². The van der Waals surface area contributed by atoms with E-state index in [1.807, 2.05) is 18.2 Å². The molecule has 0 aliphatic carbocycles. The smallest absolute Gasteiger partial charge is 0.234 e. The SMILES string of the molecule is O=C1CN(Cc2cc3ccc(Cl)cc3nc2-c2ccsc2)CCN1. The van der Waals surface area contributed by atoms with Crippen molar-refractivity contribution in [1.29, 1.82) is 0 Å². The fourth-order valence-corrected chi connectivity index (χ4v) is 3.83. The zero-order chi connectivity index (χ0) is 16.5. The van der Waals surface area contributed by atoms with Crippen LogP contribution in [-0.2, 0) is 11.3 Å². The van der Waals surface area contributed by atoms with Gasteiger partial charge in [-0.05, 0) is 35.2 Å².